The third-order valence-corrected chi connectivity index (χ3v) is 2.44. The Morgan fingerprint density at radius 1 is 1.28 bits per heavy atom. The van der Waals surface area contributed by atoms with E-state index in [1.165, 1.54) is 7.11 Å². The summed E-state index contributed by atoms with van der Waals surface area (Å²) in [4.78, 5) is 14.9. The van der Waals surface area contributed by atoms with Crippen molar-refractivity contribution >= 4 is 6.29 Å². The number of methoxy groups -OCH3 is 1. The second-order valence-electron chi connectivity index (χ2n) is 3.63. The van der Waals surface area contributed by atoms with Crippen molar-refractivity contribution in [2.45, 2.75) is 6.61 Å². The molecule has 1 aromatic carbocycles. The molecule has 2 aromatic rings. The van der Waals surface area contributed by atoms with Gasteiger partial charge in [0.2, 0.25) is 0 Å². The zero-order valence-corrected chi connectivity index (χ0v) is 10.00. The predicted molar refractivity (Wildman–Crippen MR) is 67.0 cm³/mol. The standard InChI is InChI=1S/C14H13NO3/c1-17-14-8-13(6-5-11(14)9-16)18-10-12-4-2-3-7-15-12/h2-9H,10H2,1H3. The maximum Gasteiger partial charge on any atom is 0.153 e. The Hall–Kier alpha value is -2.36. The van der Waals surface area contributed by atoms with Gasteiger partial charge < -0.3 is 9.47 Å². The van der Waals surface area contributed by atoms with E-state index in [-0.39, 0.29) is 0 Å². The van der Waals surface area contributed by atoms with Crippen LogP contribution in [0.15, 0.2) is 42.6 Å². The number of aromatic nitrogens is 1. The maximum atomic E-state index is 10.7. The Labute approximate surface area is 105 Å². The van der Waals surface area contributed by atoms with E-state index >= 15 is 0 Å². The number of hydrogen-bond donors (Lipinski definition) is 0. The molecule has 1 heterocycles. The number of carbonyl (C=O) groups excluding carboxylic acids is 1. The topological polar surface area (TPSA) is 48.4 Å². The number of pyridine rings is 1. The van der Waals surface area contributed by atoms with E-state index in [4.69, 9.17) is 9.47 Å². The minimum atomic E-state index is 0.379. The Balaban J connectivity index is 2.08. The summed E-state index contributed by atoms with van der Waals surface area (Å²) in [5, 5.41) is 0. The van der Waals surface area contributed by atoms with Gasteiger partial charge in [-0.25, -0.2) is 0 Å². The van der Waals surface area contributed by atoms with Crippen LogP contribution in [0.25, 0.3) is 0 Å². The molecule has 0 aliphatic carbocycles. The molecule has 0 aliphatic heterocycles. The van der Waals surface area contributed by atoms with Crippen molar-refractivity contribution in [2.24, 2.45) is 0 Å². The van der Waals surface area contributed by atoms with Crippen molar-refractivity contribution in [1.29, 1.82) is 0 Å². The van der Waals surface area contributed by atoms with Crippen LogP contribution in [0.3, 0.4) is 0 Å². The fourth-order valence-corrected chi connectivity index (χ4v) is 1.52. The molecule has 0 saturated carbocycles. The van der Waals surface area contributed by atoms with Crippen LogP contribution in [0, 0.1) is 0 Å². The Morgan fingerprint density at radius 2 is 2.17 bits per heavy atom. The number of hydrogen-bond acceptors (Lipinski definition) is 4. The Kier molecular flexibility index (Phi) is 3.91. The summed E-state index contributed by atoms with van der Waals surface area (Å²) in [5.74, 6) is 1.15. The van der Waals surface area contributed by atoms with Gasteiger partial charge in [-0.1, -0.05) is 6.07 Å². The summed E-state index contributed by atoms with van der Waals surface area (Å²) in [6.45, 7) is 0.379. The average molecular weight is 243 g/mol. The molecule has 2 rings (SSSR count). The van der Waals surface area contributed by atoms with Crippen LogP contribution < -0.4 is 9.47 Å². The summed E-state index contributed by atoms with van der Waals surface area (Å²) in [6, 6.07) is 10.7. The van der Waals surface area contributed by atoms with Gasteiger partial charge in [-0.05, 0) is 24.3 Å². The third kappa shape index (κ3) is 2.85. The molecule has 4 heteroatoms. The molecular weight excluding hydrogens is 230 g/mol. The number of carbonyl (C=O) groups is 1. The first kappa shape index (κ1) is 12.1. The lowest BCUT2D eigenvalue weighted by Crippen LogP contribution is -1.98. The van der Waals surface area contributed by atoms with E-state index in [1.807, 2.05) is 18.2 Å². The highest BCUT2D eigenvalue weighted by molar-refractivity contribution is 5.79. The van der Waals surface area contributed by atoms with Gasteiger partial charge in [0.15, 0.2) is 6.29 Å². The van der Waals surface area contributed by atoms with Gasteiger partial charge in [-0.15, -0.1) is 0 Å². The number of aldehydes is 1. The van der Waals surface area contributed by atoms with Crippen LogP contribution in [-0.2, 0) is 6.61 Å². The van der Waals surface area contributed by atoms with Crippen LogP contribution in [0.5, 0.6) is 11.5 Å². The van der Waals surface area contributed by atoms with Crippen molar-refractivity contribution in [3.63, 3.8) is 0 Å². The lowest BCUT2D eigenvalue weighted by Gasteiger charge is -2.08. The molecule has 0 spiro atoms. The van der Waals surface area contributed by atoms with Crippen molar-refractivity contribution in [2.75, 3.05) is 7.11 Å². The van der Waals surface area contributed by atoms with Gasteiger partial charge in [0.1, 0.15) is 18.1 Å². The molecule has 0 saturated heterocycles. The van der Waals surface area contributed by atoms with Gasteiger partial charge in [0, 0.05) is 12.3 Å². The first-order valence-electron chi connectivity index (χ1n) is 5.49. The number of nitrogens with zero attached hydrogens (tertiary/aromatic N) is 1. The van der Waals surface area contributed by atoms with Crippen LogP contribution >= 0.6 is 0 Å². The summed E-state index contributed by atoms with van der Waals surface area (Å²) in [5.41, 5.74) is 1.35. The summed E-state index contributed by atoms with van der Waals surface area (Å²) in [7, 11) is 1.52. The lowest BCUT2D eigenvalue weighted by molar-refractivity contribution is 0.112. The first-order chi connectivity index (χ1) is 8.83. The fourth-order valence-electron chi connectivity index (χ4n) is 1.52. The van der Waals surface area contributed by atoms with E-state index in [9.17, 15) is 4.79 Å². The average Bonchev–Trinajstić information content (AvgIpc) is 2.45. The molecule has 0 unspecified atom stereocenters. The highest BCUT2D eigenvalue weighted by atomic mass is 16.5. The smallest absolute Gasteiger partial charge is 0.153 e. The van der Waals surface area contributed by atoms with E-state index in [0.29, 0.717) is 23.7 Å². The third-order valence-electron chi connectivity index (χ3n) is 2.44. The zero-order valence-electron chi connectivity index (χ0n) is 10.00. The molecule has 0 bridgehead atoms. The molecule has 1 aromatic heterocycles. The molecule has 0 amide bonds. The minimum Gasteiger partial charge on any atom is -0.496 e. The van der Waals surface area contributed by atoms with Gasteiger partial charge in [-0.3, -0.25) is 9.78 Å². The largest absolute Gasteiger partial charge is 0.496 e. The first-order valence-corrected chi connectivity index (χ1v) is 5.49. The summed E-state index contributed by atoms with van der Waals surface area (Å²) < 4.78 is 10.7. The SMILES string of the molecule is COc1cc(OCc2ccccn2)ccc1C=O. The van der Waals surface area contributed by atoms with Crippen molar-refractivity contribution < 1.29 is 14.3 Å². The highest BCUT2D eigenvalue weighted by Gasteiger charge is 2.04. The summed E-state index contributed by atoms with van der Waals surface area (Å²) >= 11 is 0. The number of ether oxygens (including phenoxy) is 2. The van der Waals surface area contributed by atoms with Crippen molar-refractivity contribution in [3.8, 4) is 11.5 Å². The van der Waals surface area contributed by atoms with Crippen LogP contribution in [0.4, 0.5) is 0 Å². The monoisotopic (exact) mass is 243 g/mol. The molecule has 4 nitrogen and oxygen atoms in total. The van der Waals surface area contributed by atoms with Gasteiger partial charge in [0.05, 0.1) is 18.4 Å². The fraction of sp³-hybridized carbons (Fsp3) is 0.143. The van der Waals surface area contributed by atoms with Crippen LogP contribution in [0.1, 0.15) is 16.1 Å². The molecule has 0 radical (unpaired) electrons. The second-order valence-corrected chi connectivity index (χ2v) is 3.63. The quantitative estimate of drug-likeness (QED) is 0.757. The van der Waals surface area contributed by atoms with Crippen molar-refractivity contribution in [3.05, 3.63) is 53.9 Å². The highest BCUT2D eigenvalue weighted by Crippen LogP contribution is 2.23. The van der Waals surface area contributed by atoms with E-state index < -0.39 is 0 Å². The molecule has 18 heavy (non-hydrogen) atoms. The van der Waals surface area contributed by atoms with Crippen LogP contribution in [0.2, 0.25) is 0 Å². The van der Waals surface area contributed by atoms with Crippen LogP contribution in [-0.4, -0.2) is 18.4 Å². The molecule has 0 N–H and O–H groups in total. The Bertz CT molecular complexity index is 526. The number of benzene rings is 1. The molecule has 0 atom stereocenters. The zero-order chi connectivity index (χ0) is 12.8. The van der Waals surface area contributed by atoms with E-state index in [0.717, 1.165) is 12.0 Å². The second kappa shape index (κ2) is 5.82. The van der Waals surface area contributed by atoms with E-state index in [1.54, 1.807) is 24.4 Å². The van der Waals surface area contributed by atoms with Gasteiger partial charge in [0.25, 0.3) is 0 Å². The minimum absolute atomic E-state index is 0.379. The lowest BCUT2D eigenvalue weighted by atomic mass is 10.2. The Morgan fingerprint density at radius 3 is 2.83 bits per heavy atom. The van der Waals surface area contributed by atoms with Crippen molar-refractivity contribution in [1.82, 2.24) is 4.98 Å². The van der Waals surface area contributed by atoms with Gasteiger partial charge >= 0.3 is 0 Å². The van der Waals surface area contributed by atoms with Gasteiger partial charge in [-0.2, -0.15) is 0 Å². The molecule has 0 fully saturated rings. The summed E-state index contributed by atoms with van der Waals surface area (Å²) in [6.07, 6.45) is 2.47. The molecule has 92 valence electrons. The molecule has 0 aliphatic rings. The predicted octanol–water partition coefficient (Wildman–Crippen LogP) is 2.48. The maximum absolute atomic E-state index is 10.7. The number of rotatable bonds is 5. The molecular formula is C14H13NO3. The van der Waals surface area contributed by atoms with E-state index in [2.05, 4.69) is 4.98 Å². The normalized spacial score (nSPS) is 9.83.